The second-order valence-electron chi connectivity index (χ2n) is 5.20. The number of ether oxygens (including phenoxy) is 1. The fourth-order valence-corrected chi connectivity index (χ4v) is 2.84. The van der Waals surface area contributed by atoms with E-state index in [-0.39, 0.29) is 6.73 Å². The molecule has 0 aliphatic rings. The summed E-state index contributed by atoms with van der Waals surface area (Å²) in [6, 6.07) is 12.8. The number of halogens is 3. The van der Waals surface area contributed by atoms with Crippen LogP contribution in [0.2, 0.25) is 10.0 Å². The van der Waals surface area contributed by atoms with E-state index < -0.39 is 0 Å². The van der Waals surface area contributed by atoms with E-state index in [1.165, 1.54) is 0 Å². The van der Waals surface area contributed by atoms with Crippen LogP contribution in [-0.4, -0.2) is 14.9 Å². The highest BCUT2D eigenvalue weighted by Crippen LogP contribution is 2.25. The first-order valence-corrected chi connectivity index (χ1v) is 9.39. The van der Waals surface area contributed by atoms with Gasteiger partial charge in [-0.25, -0.2) is 4.68 Å². The van der Waals surface area contributed by atoms with Gasteiger partial charge in [-0.2, -0.15) is 5.10 Å². The van der Waals surface area contributed by atoms with Crippen LogP contribution in [0.1, 0.15) is 0 Å². The van der Waals surface area contributed by atoms with Gasteiger partial charge >= 0.3 is 0 Å². The van der Waals surface area contributed by atoms with Crippen molar-refractivity contribution in [1.82, 2.24) is 9.78 Å². The zero-order valence-electron chi connectivity index (χ0n) is 13.2. The van der Waals surface area contributed by atoms with Crippen LogP contribution < -0.4 is 15.4 Å². The molecule has 0 amide bonds. The Balaban J connectivity index is 1.53. The van der Waals surface area contributed by atoms with E-state index in [0.717, 1.165) is 21.6 Å². The summed E-state index contributed by atoms with van der Waals surface area (Å²) in [6.45, 7) is 0.288. The summed E-state index contributed by atoms with van der Waals surface area (Å²) in [7, 11) is 0. The molecule has 0 aliphatic carbocycles. The summed E-state index contributed by atoms with van der Waals surface area (Å²) in [5.74, 6) is 0.759. The van der Waals surface area contributed by atoms with Crippen LogP contribution in [0.15, 0.2) is 59.3 Å². The summed E-state index contributed by atoms with van der Waals surface area (Å²) in [6.07, 6.45) is 3.45. The molecule has 0 aliphatic heterocycles. The summed E-state index contributed by atoms with van der Waals surface area (Å²) >= 11 is 20.6. The predicted octanol–water partition coefficient (Wildman–Crippen LogP) is 5.80. The maximum atomic E-state index is 5.99. The molecule has 0 radical (unpaired) electrons. The lowest BCUT2D eigenvalue weighted by Crippen LogP contribution is -2.18. The van der Waals surface area contributed by atoms with Crippen LogP contribution in [0.4, 0.5) is 11.4 Å². The van der Waals surface area contributed by atoms with Crippen molar-refractivity contribution in [3.8, 4) is 5.75 Å². The number of nitrogens with one attached hydrogen (secondary N) is 2. The van der Waals surface area contributed by atoms with Crippen molar-refractivity contribution in [3.05, 3.63) is 69.4 Å². The first-order chi connectivity index (χ1) is 12.5. The summed E-state index contributed by atoms with van der Waals surface area (Å²) in [4.78, 5) is 0. The molecule has 0 atom stereocenters. The van der Waals surface area contributed by atoms with Gasteiger partial charge < -0.3 is 15.4 Å². The molecule has 3 rings (SSSR count). The largest absolute Gasteiger partial charge is 0.471 e. The highest BCUT2D eigenvalue weighted by atomic mass is 79.9. The van der Waals surface area contributed by atoms with Gasteiger partial charge in [0.2, 0.25) is 0 Å². The molecule has 9 heteroatoms. The van der Waals surface area contributed by atoms with E-state index in [9.17, 15) is 0 Å². The molecule has 5 nitrogen and oxygen atoms in total. The zero-order valence-corrected chi connectivity index (χ0v) is 17.2. The second kappa shape index (κ2) is 8.73. The van der Waals surface area contributed by atoms with E-state index in [0.29, 0.717) is 15.2 Å². The van der Waals surface area contributed by atoms with Crippen LogP contribution in [-0.2, 0) is 6.73 Å². The Morgan fingerprint density at radius 1 is 1.08 bits per heavy atom. The summed E-state index contributed by atoms with van der Waals surface area (Å²) < 4.78 is 8.32. The number of anilines is 2. The number of aromatic nitrogens is 2. The van der Waals surface area contributed by atoms with Gasteiger partial charge in [0.25, 0.3) is 0 Å². The van der Waals surface area contributed by atoms with Gasteiger partial charge in [0.05, 0.1) is 28.1 Å². The topological polar surface area (TPSA) is 51.1 Å². The third-order valence-electron chi connectivity index (χ3n) is 3.25. The molecule has 1 heterocycles. The second-order valence-corrected chi connectivity index (χ2v) is 7.34. The lowest BCUT2D eigenvalue weighted by Gasteiger charge is -2.09. The molecule has 0 saturated carbocycles. The minimum atomic E-state index is 0.288. The Morgan fingerprint density at radius 3 is 2.54 bits per heavy atom. The maximum Gasteiger partial charge on any atom is 0.180 e. The zero-order chi connectivity index (χ0) is 18.5. The van der Waals surface area contributed by atoms with Crippen molar-refractivity contribution in [3.63, 3.8) is 0 Å². The molecular weight excluding hydrogens is 459 g/mol. The van der Waals surface area contributed by atoms with Crippen LogP contribution in [0.25, 0.3) is 0 Å². The Morgan fingerprint density at radius 2 is 1.81 bits per heavy atom. The molecule has 0 fully saturated rings. The molecule has 2 N–H and O–H groups in total. The van der Waals surface area contributed by atoms with E-state index >= 15 is 0 Å². The SMILES string of the molecule is S=C(Nc1ccc(Cl)c(Cl)c1)Nc1cnn(COc2ccc(Br)cc2)c1. The van der Waals surface area contributed by atoms with Crippen LogP contribution in [0.5, 0.6) is 5.75 Å². The van der Waals surface area contributed by atoms with Gasteiger partial charge in [-0.15, -0.1) is 0 Å². The quantitative estimate of drug-likeness (QED) is 0.460. The molecule has 2 aromatic carbocycles. The molecule has 0 bridgehead atoms. The minimum absolute atomic E-state index is 0.288. The Bertz CT molecular complexity index is 917. The summed E-state index contributed by atoms with van der Waals surface area (Å²) in [5, 5.41) is 11.7. The average Bonchev–Trinajstić information content (AvgIpc) is 3.05. The van der Waals surface area contributed by atoms with Crippen molar-refractivity contribution in [1.29, 1.82) is 0 Å². The summed E-state index contributed by atoms with van der Waals surface area (Å²) in [5.41, 5.74) is 1.48. The highest BCUT2D eigenvalue weighted by molar-refractivity contribution is 9.10. The van der Waals surface area contributed by atoms with Crippen molar-refractivity contribution >= 4 is 67.8 Å². The van der Waals surface area contributed by atoms with Crippen LogP contribution in [0, 0.1) is 0 Å². The van der Waals surface area contributed by atoms with E-state index in [2.05, 4.69) is 31.7 Å². The standard InChI is InChI=1S/C17H13BrCl2N4OS/c18-11-1-4-14(5-2-11)25-10-24-9-13(8-21-24)23-17(26)22-12-3-6-15(19)16(20)7-12/h1-9H,10H2,(H2,22,23,26). The molecule has 3 aromatic rings. The van der Waals surface area contributed by atoms with Gasteiger partial charge in [0.15, 0.2) is 11.8 Å². The Kier molecular flexibility index (Phi) is 6.37. The van der Waals surface area contributed by atoms with Crippen molar-refractivity contribution in [2.24, 2.45) is 0 Å². The molecule has 0 saturated heterocycles. The highest BCUT2D eigenvalue weighted by Gasteiger charge is 2.04. The third-order valence-corrected chi connectivity index (χ3v) is 4.72. The van der Waals surface area contributed by atoms with E-state index in [1.54, 1.807) is 35.3 Å². The third kappa shape index (κ3) is 5.35. The molecule has 134 valence electrons. The number of hydrogen-bond acceptors (Lipinski definition) is 3. The number of nitrogens with zero attached hydrogens (tertiary/aromatic N) is 2. The molecule has 0 spiro atoms. The van der Waals surface area contributed by atoms with Crippen LogP contribution >= 0.6 is 51.3 Å². The number of rotatable bonds is 5. The van der Waals surface area contributed by atoms with Crippen LogP contribution in [0.3, 0.4) is 0 Å². The van der Waals surface area contributed by atoms with Gasteiger partial charge in [-0.1, -0.05) is 39.1 Å². The average molecular weight is 472 g/mol. The van der Waals surface area contributed by atoms with E-state index in [1.807, 2.05) is 24.3 Å². The van der Waals surface area contributed by atoms with Gasteiger partial charge in [0.1, 0.15) is 5.75 Å². The Hall–Kier alpha value is -1.80. The lowest BCUT2D eigenvalue weighted by atomic mass is 10.3. The first-order valence-electron chi connectivity index (χ1n) is 7.43. The fourth-order valence-electron chi connectivity index (χ4n) is 2.04. The van der Waals surface area contributed by atoms with Gasteiger partial charge in [0, 0.05) is 10.2 Å². The predicted molar refractivity (Wildman–Crippen MR) is 113 cm³/mol. The number of hydrogen-bond donors (Lipinski definition) is 2. The number of thiocarbonyl (C=S) groups is 1. The minimum Gasteiger partial charge on any atom is -0.471 e. The van der Waals surface area contributed by atoms with Gasteiger partial charge in [-0.3, -0.25) is 0 Å². The first kappa shape index (κ1) is 19.0. The maximum absolute atomic E-state index is 5.99. The molecule has 1 aromatic heterocycles. The fraction of sp³-hybridized carbons (Fsp3) is 0.0588. The number of benzene rings is 2. The Labute approximate surface area is 174 Å². The van der Waals surface area contributed by atoms with E-state index in [4.69, 9.17) is 40.2 Å². The molecule has 26 heavy (non-hydrogen) atoms. The van der Waals surface area contributed by atoms with Gasteiger partial charge in [-0.05, 0) is 54.7 Å². The van der Waals surface area contributed by atoms with Crippen molar-refractivity contribution < 1.29 is 4.74 Å². The smallest absolute Gasteiger partial charge is 0.180 e. The monoisotopic (exact) mass is 470 g/mol. The molecule has 0 unspecified atom stereocenters. The molecular formula is C17H13BrCl2N4OS. The van der Waals surface area contributed by atoms with Crippen molar-refractivity contribution in [2.45, 2.75) is 6.73 Å². The van der Waals surface area contributed by atoms with Crippen molar-refractivity contribution in [2.75, 3.05) is 10.6 Å². The normalized spacial score (nSPS) is 10.4. The lowest BCUT2D eigenvalue weighted by molar-refractivity contribution is 0.221.